The second-order valence-corrected chi connectivity index (χ2v) is 11.8. The number of nitrogens with one attached hydrogen (secondary N) is 1. The van der Waals surface area contributed by atoms with Crippen LogP contribution >= 0.6 is 7.14 Å². The molecule has 3 aromatic rings. The molecule has 0 saturated heterocycles. The van der Waals surface area contributed by atoms with Crippen LogP contribution in [0.15, 0.2) is 85.2 Å². The predicted octanol–water partition coefficient (Wildman–Crippen LogP) is 5.92. The van der Waals surface area contributed by atoms with Gasteiger partial charge in [-0.1, -0.05) is 81.4 Å². The highest BCUT2D eigenvalue weighted by Gasteiger charge is 2.46. The van der Waals surface area contributed by atoms with Crippen molar-refractivity contribution in [2.75, 3.05) is 0 Å². The van der Waals surface area contributed by atoms with Gasteiger partial charge in [-0.05, 0) is 30.2 Å². The first kappa shape index (κ1) is 20.5. The second kappa shape index (κ2) is 8.43. The molecule has 0 aliphatic heterocycles. The monoisotopic (exact) mass is 392 g/mol. The fourth-order valence-corrected chi connectivity index (χ4v) is 7.09. The molecule has 4 heteroatoms. The summed E-state index contributed by atoms with van der Waals surface area (Å²) in [4.78, 5) is 4.16. The molecule has 3 nitrogen and oxygen atoms in total. The number of rotatable bonds is 6. The van der Waals surface area contributed by atoms with Crippen LogP contribution in [0.3, 0.4) is 0 Å². The molecule has 1 unspecified atom stereocenters. The zero-order chi connectivity index (χ0) is 20.2. The lowest BCUT2D eigenvalue weighted by atomic mass is 10.1. The van der Waals surface area contributed by atoms with Gasteiger partial charge >= 0.3 is 0 Å². The van der Waals surface area contributed by atoms with Crippen LogP contribution in [0.4, 0.5) is 0 Å². The van der Waals surface area contributed by atoms with Gasteiger partial charge in [-0.15, -0.1) is 0 Å². The van der Waals surface area contributed by atoms with E-state index in [1.807, 2.05) is 60.7 Å². The number of nitrogens with zero attached hydrogens (tertiary/aromatic N) is 1. The molecule has 3 rings (SSSR count). The van der Waals surface area contributed by atoms with Crippen LogP contribution in [0, 0.1) is 0 Å². The largest absolute Gasteiger partial charge is 0.316 e. The van der Waals surface area contributed by atoms with E-state index in [1.165, 1.54) is 5.56 Å². The van der Waals surface area contributed by atoms with Gasteiger partial charge in [0.25, 0.3) is 0 Å². The van der Waals surface area contributed by atoms with Crippen molar-refractivity contribution in [2.45, 2.75) is 44.7 Å². The summed E-state index contributed by atoms with van der Waals surface area (Å²) in [7, 11) is -2.90. The summed E-state index contributed by atoms with van der Waals surface area (Å²) in [6.07, 6.45) is 3.55. The van der Waals surface area contributed by atoms with E-state index in [0.717, 1.165) is 10.9 Å². The van der Waals surface area contributed by atoms with Crippen molar-refractivity contribution in [3.8, 4) is 0 Å². The molecule has 0 aliphatic rings. The zero-order valence-electron chi connectivity index (χ0n) is 17.0. The molecule has 3 atom stereocenters. The van der Waals surface area contributed by atoms with Crippen LogP contribution in [-0.2, 0) is 4.57 Å². The van der Waals surface area contributed by atoms with Crippen molar-refractivity contribution in [2.24, 2.45) is 0 Å². The van der Waals surface area contributed by atoms with E-state index in [2.05, 4.69) is 50.1 Å². The normalized spacial score (nSPS) is 16.1. The SMILES string of the molecule is C[C@H](N[C@H](c1ccncc1)P(=O)(c1ccccc1)C(C)(C)C)c1ccccc1. The van der Waals surface area contributed by atoms with E-state index in [9.17, 15) is 4.57 Å². The Kier molecular flexibility index (Phi) is 6.17. The Balaban J connectivity index is 2.13. The van der Waals surface area contributed by atoms with Gasteiger partial charge in [0.15, 0.2) is 0 Å². The van der Waals surface area contributed by atoms with Crippen LogP contribution in [0.5, 0.6) is 0 Å². The Morgan fingerprint density at radius 2 is 1.36 bits per heavy atom. The number of aromatic nitrogens is 1. The second-order valence-electron chi connectivity index (χ2n) is 8.15. The summed E-state index contributed by atoms with van der Waals surface area (Å²) in [5.41, 5.74) is 2.18. The summed E-state index contributed by atoms with van der Waals surface area (Å²) < 4.78 is 14.8. The van der Waals surface area contributed by atoms with Gasteiger partial charge in [-0.3, -0.25) is 10.3 Å². The molecule has 0 spiro atoms. The topological polar surface area (TPSA) is 42.0 Å². The molecule has 0 amide bonds. The first-order chi connectivity index (χ1) is 13.3. The van der Waals surface area contributed by atoms with E-state index < -0.39 is 12.3 Å². The van der Waals surface area contributed by atoms with E-state index in [-0.39, 0.29) is 11.8 Å². The lowest BCUT2D eigenvalue weighted by molar-refractivity contribution is 0.498. The Bertz CT molecular complexity index is 921. The Hall–Kier alpha value is -2.22. The number of pyridine rings is 1. The summed E-state index contributed by atoms with van der Waals surface area (Å²) >= 11 is 0. The minimum atomic E-state index is -2.90. The number of benzene rings is 2. The van der Waals surface area contributed by atoms with Crippen molar-refractivity contribution >= 4 is 12.4 Å². The van der Waals surface area contributed by atoms with Crippen LogP contribution < -0.4 is 10.6 Å². The van der Waals surface area contributed by atoms with E-state index >= 15 is 0 Å². The highest BCUT2D eigenvalue weighted by molar-refractivity contribution is 7.73. The van der Waals surface area contributed by atoms with Crippen molar-refractivity contribution in [3.63, 3.8) is 0 Å². The molecule has 1 N–H and O–H groups in total. The van der Waals surface area contributed by atoms with Gasteiger partial charge in [0.1, 0.15) is 7.14 Å². The average molecular weight is 392 g/mol. The molecule has 0 aliphatic carbocycles. The van der Waals surface area contributed by atoms with E-state index in [1.54, 1.807) is 12.4 Å². The molecule has 0 bridgehead atoms. The number of hydrogen-bond acceptors (Lipinski definition) is 3. The smallest absolute Gasteiger partial charge is 0.141 e. The maximum atomic E-state index is 14.8. The van der Waals surface area contributed by atoms with Crippen LogP contribution in [-0.4, -0.2) is 10.1 Å². The van der Waals surface area contributed by atoms with Gasteiger partial charge < -0.3 is 4.57 Å². The maximum Gasteiger partial charge on any atom is 0.141 e. The zero-order valence-corrected chi connectivity index (χ0v) is 17.9. The Morgan fingerprint density at radius 1 is 0.821 bits per heavy atom. The minimum absolute atomic E-state index is 0.0544. The first-order valence-electron chi connectivity index (χ1n) is 9.70. The molecule has 2 aromatic carbocycles. The third kappa shape index (κ3) is 4.11. The molecular weight excluding hydrogens is 363 g/mol. The molecule has 146 valence electrons. The van der Waals surface area contributed by atoms with Gasteiger partial charge in [0.2, 0.25) is 0 Å². The fraction of sp³-hybridized carbons (Fsp3) is 0.292. The van der Waals surface area contributed by atoms with Crippen molar-refractivity contribution in [1.29, 1.82) is 0 Å². The van der Waals surface area contributed by atoms with Gasteiger partial charge in [0.05, 0.1) is 5.78 Å². The lowest BCUT2D eigenvalue weighted by Gasteiger charge is -2.40. The fourth-order valence-electron chi connectivity index (χ4n) is 3.60. The maximum absolute atomic E-state index is 14.8. The first-order valence-corrected chi connectivity index (χ1v) is 11.5. The van der Waals surface area contributed by atoms with Crippen molar-refractivity contribution in [3.05, 3.63) is 96.3 Å². The predicted molar refractivity (Wildman–Crippen MR) is 118 cm³/mol. The van der Waals surface area contributed by atoms with E-state index in [4.69, 9.17) is 0 Å². The molecule has 1 aromatic heterocycles. The van der Waals surface area contributed by atoms with Gasteiger partial charge in [-0.25, -0.2) is 0 Å². The van der Waals surface area contributed by atoms with Crippen molar-refractivity contribution in [1.82, 2.24) is 10.3 Å². The quantitative estimate of drug-likeness (QED) is 0.530. The molecule has 0 fully saturated rings. The molecule has 28 heavy (non-hydrogen) atoms. The summed E-state index contributed by atoms with van der Waals surface area (Å²) in [6.45, 7) is 8.35. The van der Waals surface area contributed by atoms with E-state index in [0.29, 0.717) is 0 Å². The third-order valence-corrected chi connectivity index (χ3v) is 9.46. The highest BCUT2D eigenvalue weighted by Crippen LogP contribution is 2.66. The Morgan fingerprint density at radius 3 is 1.89 bits per heavy atom. The summed E-state index contributed by atoms with van der Waals surface area (Å²) in [5.74, 6) is -0.312. The molecule has 0 radical (unpaired) electrons. The van der Waals surface area contributed by atoms with Crippen LogP contribution in [0.2, 0.25) is 0 Å². The van der Waals surface area contributed by atoms with Crippen LogP contribution in [0.1, 0.15) is 50.6 Å². The summed E-state index contributed by atoms with van der Waals surface area (Å²) in [5, 5.41) is 4.19. The third-order valence-electron chi connectivity index (χ3n) is 5.23. The standard InChI is InChI=1S/C24H29N2OP/c1-19(20-11-7-5-8-12-20)26-23(21-15-17-25-18-16-21)28(27,24(2,3)4)22-13-9-6-10-14-22/h5-19,23,26H,1-4H3/t19-,23-,28?/m0/s1. The highest BCUT2D eigenvalue weighted by atomic mass is 31.2. The number of hydrogen-bond donors (Lipinski definition) is 1. The minimum Gasteiger partial charge on any atom is -0.316 e. The van der Waals surface area contributed by atoms with Gasteiger partial charge in [0, 0.05) is 28.9 Å². The molecule has 1 heterocycles. The lowest BCUT2D eigenvalue weighted by Crippen LogP contribution is -2.35. The Labute approximate surface area is 168 Å². The summed E-state index contributed by atoms with van der Waals surface area (Å²) in [6, 6.07) is 24.2. The molecular formula is C24H29N2OP. The van der Waals surface area contributed by atoms with Crippen LogP contribution in [0.25, 0.3) is 0 Å². The molecule has 0 saturated carbocycles. The average Bonchev–Trinajstić information content (AvgIpc) is 2.72. The van der Waals surface area contributed by atoms with Gasteiger partial charge in [-0.2, -0.15) is 0 Å². The van der Waals surface area contributed by atoms with Crippen molar-refractivity contribution < 1.29 is 4.57 Å².